The van der Waals surface area contributed by atoms with Gasteiger partial charge in [-0.25, -0.2) is 14.3 Å². The molecule has 2 atom stereocenters. The summed E-state index contributed by atoms with van der Waals surface area (Å²) in [5.74, 6) is -1.47. The number of benzene rings is 3. The van der Waals surface area contributed by atoms with Gasteiger partial charge in [0.05, 0.1) is 16.3 Å². The molecule has 0 radical (unpaired) electrons. The van der Waals surface area contributed by atoms with Crippen molar-refractivity contribution in [1.29, 1.82) is 0 Å². The van der Waals surface area contributed by atoms with Gasteiger partial charge < -0.3 is 20.2 Å². The lowest BCUT2D eigenvalue weighted by molar-refractivity contribution is -0.139. The smallest absolute Gasteiger partial charge is 0.330 e. The van der Waals surface area contributed by atoms with Gasteiger partial charge in [-0.2, -0.15) is 5.10 Å². The number of rotatable bonds is 5. The van der Waals surface area contributed by atoms with E-state index in [1.807, 2.05) is 31.2 Å². The van der Waals surface area contributed by atoms with Gasteiger partial charge in [-0.05, 0) is 48.4 Å². The van der Waals surface area contributed by atoms with Gasteiger partial charge in [0.2, 0.25) is 0 Å². The maximum absolute atomic E-state index is 13.8. The second-order valence-corrected chi connectivity index (χ2v) is 9.67. The summed E-state index contributed by atoms with van der Waals surface area (Å²) in [5.41, 5.74) is 2.92. The molecule has 39 heavy (non-hydrogen) atoms. The Hall–Kier alpha value is -4.63. The maximum Gasteiger partial charge on any atom is 0.330 e. The van der Waals surface area contributed by atoms with Gasteiger partial charge in [-0.15, -0.1) is 0 Å². The van der Waals surface area contributed by atoms with Crippen LogP contribution in [0.25, 0.3) is 5.69 Å². The van der Waals surface area contributed by atoms with Crippen LogP contribution in [0.15, 0.2) is 91.3 Å². The second-order valence-electron chi connectivity index (χ2n) is 9.27. The minimum atomic E-state index is -1.21. The third kappa shape index (κ3) is 5.35. The number of carbonyl (C=O) groups excluding carboxylic acids is 2. The fraction of sp³-hybridized carbons (Fsp3) is 0.172. The number of para-hydroxylation sites is 1. The number of carboxylic acid groups (broad SMARTS) is 1. The molecule has 3 aromatic carbocycles. The number of hydrogen-bond acceptors (Lipinski definition) is 4. The topological polar surface area (TPSA) is 108 Å². The van der Waals surface area contributed by atoms with Crippen LogP contribution >= 0.6 is 11.6 Å². The van der Waals surface area contributed by atoms with Crippen molar-refractivity contribution in [3.63, 3.8) is 0 Å². The third-order valence-electron chi connectivity index (χ3n) is 6.71. The Bertz CT molecular complexity index is 1510. The Labute approximate surface area is 230 Å². The van der Waals surface area contributed by atoms with E-state index in [9.17, 15) is 19.5 Å². The van der Waals surface area contributed by atoms with Crippen LogP contribution in [0.1, 0.15) is 34.5 Å². The molecule has 0 unspecified atom stereocenters. The molecule has 0 aliphatic carbocycles. The summed E-state index contributed by atoms with van der Waals surface area (Å²) >= 11 is 6.57. The molecular formula is C29H26ClN5O4. The largest absolute Gasteiger partial charge is 0.479 e. The van der Waals surface area contributed by atoms with Crippen molar-refractivity contribution in [3.8, 4) is 5.69 Å². The van der Waals surface area contributed by atoms with E-state index in [-0.39, 0.29) is 24.0 Å². The van der Waals surface area contributed by atoms with Gasteiger partial charge in [0, 0.05) is 37.2 Å². The molecule has 5 rings (SSSR count). The quantitative estimate of drug-likeness (QED) is 0.372. The molecule has 2 N–H and O–H groups in total. The van der Waals surface area contributed by atoms with Crippen molar-refractivity contribution in [1.82, 2.24) is 20.0 Å². The monoisotopic (exact) mass is 543 g/mol. The van der Waals surface area contributed by atoms with Crippen LogP contribution in [0.4, 0.5) is 10.5 Å². The average molecular weight is 544 g/mol. The molecule has 2 heterocycles. The van der Waals surface area contributed by atoms with Crippen molar-refractivity contribution >= 4 is 35.2 Å². The summed E-state index contributed by atoms with van der Waals surface area (Å²) in [7, 11) is 0. The third-order valence-corrected chi connectivity index (χ3v) is 7.02. The SMILES string of the molecule is C[C@@H]1CN(C(=O)c2ccc(-n3cccn3)cc2Cl)c2ccccc2CN1C(=O)N[C@H](C(=O)O)c1ccccc1. The molecule has 0 saturated heterocycles. The highest BCUT2D eigenvalue weighted by molar-refractivity contribution is 6.34. The lowest BCUT2D eigenvalue weighted by atomic mass is 10.1. The van der Waals surface area contributed by atoms with Crippen molar-refractivity contribution in [3.05, 3.63) is 113 Å². The van der Waals surface area contributed by atoms with Gasteiger partial charge in [-0.3, -0.25) is 4.79 Å². The number of hydrogen-bond donors (Lipinski definition) is 2. The first-order chi connectivity index (χ1) is 18.8. The molecule has 0 saturated carbocycles. The van der Waals surface area contributed by atoms with Gasteiger partial charge >= 0.3 is 12.0 Å². The van der Waals surface area contributed by atoms with E-state index in [0.717, 1.165) is 11.3 Å². The molecule has 0 spiro atoms. The number of nitrogens with one attached hydrogen (secondary N) is 1. The summed E-state index contributed by atoms with van der Waals surface area (Å²) in [6.07, 6.45) is 3.44. The summed E-state index contributed by atoms with van der Waals surface area (Å²) in [5, 5.41) is 16.9. The highest BCUT2D eigenvalue weighted by Gasteiger charge is 2.34. The van der Waals surface area contributed by atoms with Crippen LogP contribution in [0.2, 0.25) is 5.02 Å². The van der Waals surface area contributed by atoms with E-state index in [1.54, 1.807) is 81.5 Å². The number of anilines is 1. The number of carbonyl (C=O) groups is 3. The first kappa shape index (κ1) is 26.0. The molecule has 10 heteroatoms. The molecule has 0 fully saturated rings. The molecule has 1 aromatic heterocycles. The van der Waals surface area contributed by atoms with Crippen LogP contribution < -0.4 is 10.2 Å². The van der Waals surface area contributed by atoms with E-state index in [1.165, 1.54) is 0 Å². The molecule has 1 aliphatic heterocycles. The number of aliphatic carboxylic acids is 1. The Kier molecular flexibility index (Phi) is 7.33. The minimum absolute atomic E-state index is 0.184. The first-order valence-corrected chi connectivity index (χ1v) is 12.8. The van der Waals surface area contributed by atoms with Crippen LogP contribution in [0, 0.1) is 0 Å². The number of aromatic nitrogens is 2. The average Bonchev–Trinajstić information content (AvgIpc) is 3.43. The normalized spacial score (nSPS) is 15.7. The highest BCUT2D eigenvalue weighted by atomic mass is 35.5. The number of amides is 3. The van der Waals surface area contributed by atoms with E-state index in [0.29, 0.717) is 16.8 Å². The molecule has 0 bridgehead atoms. The Morgan fingerprint density at radius 1 is 1.03 bits per heavy atom. The molecule has 4 aromatic rings. The van der Waals surface area contributed by atoms with Gasteiger partial charge in [0.15, 0.2) is 6.04 Å². The van der Waals surface area contributed by atoms with Crippen LogP contribution in [0.5, 0.6) is 0 Å². The van der Waals surface area contributed by atoms with E-state index in [4.69, 9.17) is 11.6 Å². The zero-order valence-corrected chi connectivity index (χ0v) is 21.8. The summed E-state index contributed by atoms with van der Waals surface area (Å²) < 4.78 is 1.65. The van der Waals surface area contributed by atoms with Crippen molar-refractivity contribution in [2.45, 2.75) is 25.6 Å². The number of urea groups is 1. The van der Waals surface area contributed by atoms with Gasteiger partial charge in [0.25, 0.3) is 5.91 Å². The molecule has 3 amide bonds. The lowest BCUT2D eigenvalue weighted by Crippen LogP contribution is -2.49. The van der Waals surface area contributed by atoms with Crippen LogP contribution in [-0.2, 0) is 11.3 Å². The zero-order chi connectivity index (χ0) is 27.5. The van der Waals surface area contributed by atoms with Crippen molar-refractivity contribution in [2.24, 2.45) is 0 Å². The molecule has 9 nitrogen and oxygen atoms in total. The predicted octanol–water partition coefficient (Wildman–Crippen LogP) is 4.91. The van der Waals surface area contributed by atoms with Crippen molar-refractivity contribution < 1.29 is 19.5 Å². The Morgan fingerprint density at radius 2 is 1.77 bits per heavy atom. The first-order valence-electron chi connectivity index (χ1n) is 12.4. The van der Waals surface area contributed by atoms with Crippen LogP contribution in [-0.4, -0.2) is 50.3 Å². The number of halogens is 1. The number of nitrogens with zero attached hydrogens (tertiary/aromatic N) is 4. The second kappa shape index (κ2) is 11.0. The Morgan fingerprint density at radius 3 is 2.46 bits per heavy atom. The standard InChI is InChI=1S/C29H26ClN5O4/c1-19-17-34(27(36)23-13-12-22(16-24(23)30)35-15-7-14-31-35)25-11-6-5-10-21(25)18-33(19)29(39)32-26(28(37)38)20-8-3-2-4-9-20/h2-16,19,26H,17-18H2,1H3,(H,32,39)(H,37,38)/t19-,26+/m1/s1. The van der Waals surface area contributed by atoms with E-state index >= 15 is 0 Å². The number of carboxylic acids is 1. The van der Waals surface area contributed by atoms with E-state index in [2.05, 4.69) is 10.4 Å². The molecule has 1 aliphatic rings. The summed E-state index contributed by atoms with van der Waals surface area (Å²) in [6.45, 7) is 2.20. The molecule has 198 valence electrons. The van der Waals surface area contributed by atoms with E-state index < -0.39 is 24.1 Å². The summed E-state index contributed by atoms with van der Waals surface area (Å²) in [4.78, 5) is 42.4. The fourth-order valence-electron chi connectivity index (χ4n) is 4.70. The highest BCUT2D eigenvalue weighted by Crippen LogP contribution is 2.31. The minimum Gasteiger partial charge on any atom is -0.479 e. The fourth-order valence-corrected chi connectivity index (χ4v) is 4.95. The maximum atomic E-state index is 13.8. The van der Waals surface area contributed by atoms with Crippen molar-refractivity contribution in [2.75, 3.05) is 11.4 Å². The van der Waals surface area contributed by atoms with Gasteiger partial charge in [0.1, 0.15) is 0 Å². The number of fused-ring (bicyclic) bond motifs is 1. The zero-order valence-electron chi connectivity index (χ0n) is 21.1. The van der Waals surface area contributed by atoms with Crippen LogP contribution in [0.3, 0.4) is 0 Å². The predicted molar refractivity (Wildman–Crippen MR) is 147 cm³/mol. The lowest BCUT2D eigenvalue weighted by Gasteiger charge is -2.30. The Balaban J connectivity index is 1.42. The summed E-state index contributed by atoms with van der Waals surface area (Å²) in [6, 6.07) is 20.6. The van der Waals surface area contributed by atoms with Gasteiger partial charge in [-0.1, -0.05) is 60.1 Å². The molecular weight excluding hydrogens is 518 g/mol.